The Kier molecular flexibility index (Phi) is 6.81. The lowest BCUT2D eigenvalue weighted by Crippen LogP contribution is -2.48. The van der Waals surface area contributed by atoms with Crippen molar-refractivity contribution in [3.63, 3.8) is 0 Å². The van der Waals surface area contributed by atoms with Gasteiger partial charge in [-0.25, -0.2) is 4.79 Å². The van der Waals surface area contributed by atoms with Gasteiger partial charge in [-0.1, -0.05) is 24.3 Å². The number of ether oxygens (including phenoxy) is 2. The number of alkyl carbamates (subject to hydrolysis) is 1. The van der Waals surface area contributed by atoms with Crippen LogP contribution in [0.25, 0.3) is 0 Å². The Morgan fingerprint density at radius 1 is 0.879 bits per heavy atom. The van der Waals surface area contributed by atoms with E-state index in [1.807, 2.05) is 45.0 Å². The average Bonchev–Trinajstić information content (AvgIpc) is 2.92. The molecule has 3 rings (SSSR count). The molecule has 1 heterocycles. The third-order valence-corrected chi connectivity index (χ3v) is 4.83. The Balaban J connectivity index is 1.78. The van der Waals surface area contributed by atoms with E-state index in [-0.39, 0.29) is 24.0 Å². The van der Waals surface area contributed by atoms with E-state index >= 15 is 0 Å². The van der Waals surface area contributed by atoms with Gasteiger partial charge in [-0.05, 0) is 77.8 Å². The van der Waals surface area contributed by atoms with E-state index in [2.05, 4.69) is 5.32 Å². The number of hydrogen-bond acceptors (Lipinski definition) is 5. The zero-order valence-electron chi connectivity index (χ0n) is 20.1. The van der Waals surface area contributed by atoms with Gasteiger partial charge in [0.15, 0.2) is 0 Å². The molecule has 0 unspecified atom stereocenters. The molecule has 0 saturated carbocycles. The first-order valence-corrected chi connectivity index (χ1v) is 11.0. The fraction of sp³-hybridized carbons (Fsp3) is 0.423. The molecule has 176 valence electrons. The largest absolute Gasteiger partial charge is 0.488 e. The van der Waals surface area contributed by atoms with E-state index in [4.69, 9.17) is 9.47 Å². The van der Waals surface area contributed by atoms with Gasteiger partial charge in [-0.3, -0.25) is 14.5 Å². The van der Waals surface area contributed by atoms with Crippen LogP contribution >= 0.6 is 0 Å². The normalized spacial score (nSPS) is 14.7. The maximum atomic E-state index is 12.8. The summed E-state index contributed by atoms with van der Waals surface area (Å²) in [5, 5.41) is 2.83. The van der Waals surface area contributed by atoms with Gasteiger partial charge in [-0.2, -0.15) is 0 Å². The molecule has 1 aliphatic heterocycles. The molecule has 0 aromatic heterocycles. The number of carbonyl (C=O) groups excluding carboxylic acids is 3. The number of nitrogens with zero attached hydrogens (tertiary/aromatic N) is 1. The zero-order chi connectivity index (χ0) is 24.4. The van der Waals surface area contributed by atoms with Crippen LogP contribution in [0.3, 0.4) is 0 Å². The summed E-state index contributed by atoms with van der Waals surface area (Å²) in [4.78, 5) is 39.3. The van der Waals surface area contributed by atoms with E-state index in [0.29, 0.717) is 17.5 Å². The summed E-state index contributed by atoms with van der Waals surface area (Å²) >= 11 is 0. The van der Waals surface area contributed by atoms with Gasteiger partial charge in [0, 0.05) is 0 Å². The molecule has 0 aliphatic carbocycles. The number of benzene rings is 2. The molecule has 2 aromatic carbocycles. The molecule has 7 nitrogen and oxygen atoms in total. The summed E-state index contributed by atoms with van der Waals surface area (Å²) < 4.78 is 11.3. The second kappa shape index (κ2) is 9.25. The predicted molar refractivity (Wildman–Crippen MR) is 125 cm³/mol. The molecule has 1 aliphatic rings. The number of nitrogens with one attached hydrogen (secondary N) is 1. The van der Waals surface area contributed by atoms with Crippen molar-refractivity contribution < 1.29 is 23.9 Å². The van der Waals surface area contributed by atoms with E-state index in [1.54, 1.807) is 45.0 Å². The molecule has 2 aromatic rings. The van der Waals surface area contributed by atoms with Gasteiger partial charge < -0.3 is 14.8 Å². The molecule has 0 saturated heterocycles. The molecule has 0 spiro atoms. The van der Waals surface area contributed by atoms with E-state index in [0.717, 1.165) is 11.3 Å². The molecular weight excluding hydrogens is 420 g/mol. The number of imide groups is 1. The minimum absolute atomic E-state index is 0.0336. The van der Waals surface area contributed by atoms with Gasteiger partial charge in [-0.15, -0.1) is 0 Å². The van der Waals surface area contributed by atoms with Crippen molar-refractivity contribution in [1.82, 2.24) is 10.2 Å². The SMILES string of the molecule is CC(C)(C)OC(=O)N[C@@H](Cc1ccc(OC(C)(C)C)cc1)CN1C(=O)c2ccccc2C1=O. The van der Waals surface area contributed by atoms with Crippen molar-refractivity contribution in [3.05, 3.63) is 65.2 Å². The number of rotatable bonds is 6. The first kappa shape index (κ1) is 24.3. The predicted octanol–water partition coefficient (Wildman–Crippen LogP) is 4.60. The summed E-state index contributed by atoms with van der Waals surface area (Å²) in [6.45, 7) is 11.3. The number of fused-ring (bicyclic) bond motifs is 1. The quantitative estimate of drug-likeness (QED) is 0.648. The van der Waals surface area contributed by atoms with Gasteiger partial charge in [0.25, 0.3) is 11.8 Å². The van der Waals surface area contributed by atoms with Crippen LogP contribution in [0.2, 0.25) is 0 Å². The van der Waals surface area contributed by atoms with Crippen LogP contribution in [0.1, 0.15) is 67.8 Å². The van der Waals surface area contributed by atoms with Crippen LogP contribution in [0, 0.1) is 0 Å². The molecule has 0 bridgehead atoms. The molecule has 1 N–H and O–H groups in total. The molecule has 3 amide bonds. The lowest BCUT2D eigenvalue weighted by Gasteiger charge is -2.26. The maximum Gasteiger partial charge on any atom is 0.407 e. The first-order valence-electron chi connectivity index (χ1n) is 11.0. The number of amides is 3. The van der Waals surface area contributed by atoms with Crippen LogP contribution in [-0.4, -0.2) is 46.6 Å². The Labute approximate surface area is 195 Å². The van der Waals surface area contributed by atoms with E-state index in [1.165, 1.54) is 4.90 Å². The highest BCUT2D eigenvalue weighted by molar-refractivity contribution is 6.21. The maximum absolute atomic E-state index is 12.8. The van der Waals surface area contributed by atoms with E-state index < -0.39 is 17.7 Å². The van der Waals surface area contributed by atoms with Crippen LogP contribution in [-0.2, 0) is 11.2 Å². The van der Waals surface area contributed by atoms with Crippen molar-refractivity contribution in [2.24, 2.45) is 0 Å². The molecular formula is C26H32N2O5. The second-order valence-corrected chi connectivity index (χ2v) is 10.2. The highest BCUT2D eigenvalue weighted by atomic mass is 16.6. The highest BCUT2D eigenvalue weighted by Gasteiger charge is 2.37. The van der Waals surface area contributed by atoms with Crippen molar-refractivity contribution in [2.45, 2.75) is 65.2 Å². The van der Waals surface area contributed by atoms with Gasteiger partial charge in [0.05, 0.1) is 23.7 Å². The topological polar surface area (TPSA) is 84.9 Å². The molecule has 1 atom stereocenters. The van der Waals surface area contributed by atoms with Crippen LogP contribution in [0.15, 0.2) is 48.5 Å². The molecule has 0 radical (unpaired) electrons. The fourth-order valence-corrected chi connectivity index (χ4v) is 3.59. The fourth-order valence-electron chi connectivity index (χ4n) is 3.59. The van der Waals surface area contributed by atoms with Crippen molar-refractivity contribution in [2.75, 3.05) is 6.54 Å². The van der Waals surface area contributed by atoms with Crippen molar-refractivity contribution in [1.29, 1.82) is 0 Å². The van der Waals surface area contributed by atoms with Crippen molar-refractivity contribution >= 4 is 17.9 Å². The van der Waals surface area contributed by atoms with Gasteiger partial charge >= 0.3 is 6.09 Å². The summed E-state index contributed by atoms with van der Waals surface area (Å²) in [6.07, 6.45) is -0.195. The third-order valence-electron chi connectivity index (χ3n) is 4.83. The summed E-state index contributed by atoms with van der Waals surface area (Å²) in [5.74, 6) is 0.0178. The Hall–Kier alpha value is -3.35. The number of hydrogen-bond donors (Lipinski definition) is 1. The van der Waals surface area contributed by atoms with Gasteiger partial charge in [0.1, 0.15) is 17.0 Å². The molecule has 33 heavy (non-hydrogen) atoms. The molecule has 7 heteroatoms. The van der Waals surface area contributed by atoms with Crippen LogP contribution in [0.5, 0.6) is 5.75 Å². The summed E-state index contributed by atoms with van der Waals surface area (Å²) in [5.41, 5.74) is 0.697. The first-order chi connectivity index (χ1) is 15.3. The smallest absolute Gasteiger partial charge is 0.407 e. The minimum Gasteiger partial charge on any atom is -0.488 e. The molecule has 0 fully saturated rings. The number of carbonyl (C=O) groups is 3. The van der Waals surface area contributed by atoms with Gasteiger partial charge in [0.2, 0.25) is 0 Å². The summed E-state index contributed by atoms with van der Waals surface area (Å²) in [7, 11) is 0. The Morgan fingerprint density at radius 3 is 1.91 bits per heavy atom. The minimum atomic E-state index is -0.671. The summed E-state index contributed by atoms with van der Waals surface area (Å²) in [6, 6.07) is 13.8. The van der Waals surface area contributed by atoms with E-state index in [9.17, 15) is 14.4 Å². The lowest BCUT2D eigenvalue weighted by atomic mass is 10.0. The van der Waals surface area contributed by atoms with Crippen molar-refractivity contribution in [3.8, 4) is 5.75 Å². The third kappa shape index (κ3) is 6.57. The average molecular weight is 453 g/mol. The second-order valence-electron chi connectivity index (χ2n) is 10.2. The van der Waals surface area contributed by atoms with Crippen LogP contribution in [0.4, 0.5) is 4.79 Å². The Morgan fingerprint density at radius 2 is 1.42 bits per heavy atom. The Bertz CT molecular complexity index is 997. The highest BCUT2D eigenvalue weighted by Crippen LogP contribution is 2.24. The monoisotopic (exact) mass is 452 g/mol. The van der Waals surface area contributed by atoms with Crippen LogP contribution < -0.4 is 10.1 Å². The zero-order valence-corrected chi connectivity index (χ0v) is 20.1. The standard InChI is InChI=1S/C26H32N2O5/c1-25(2,3)32-19-13-11-17(12-14-19)15-18(27-24(31)33-26(4,5)6)16-28-22(29)20-9-7-8-10-21(20)23(28)30/h7-14,18H,15-16H2,1-6H3,(H,27,31)/t18-/m0/s1. The lowest BCUT2D eigenvalue weighted by molar-refractivity contribution is 0.0468.